The van der Waals surface area contributed by atoms with Gasteiger partial charge >= 0.3 is 0 Å². The fourth-order valence-electron chi connectivity index (χ4n) is 1.52. The third-order valence-corrected chi connectivity index (χ3v) is 3.45. The number of nitrogens with two attached hydrogens (primary N) is 1. The van der Waals surface area contributed by atoms with Crippen LogP contribution in [0.3, 0.4) is 0 Å². The molecular formula is C11H13N5O3S. The first kappa shape index (κ1) is 14.2. The minimum Gasteiger partial charge on any atom is -0.350 e. The van der Waals surface area contributed by atoms with Crippen molar-refractivity contribution >= 4 is 15.9 Å². The van der Waals surface area contributed by atoms with Crippen molar-refractivity contribution in [3.8, 4) is 0 Å². The highest BCUT2D eigenvalue weighted by molar-refractivity contribution is 7.89. The molecule has 1 amide bonds. The van der Waals surface area contributed by atoms with Gasteiger partial charge in [-0.25, -0.2) is 18.2 Å². The molecule has 0 unspecified atom stereocenters. The number of carbonyl (C=O) groups is 1. The SMILES string of the molecule is NS(=O)(=O)c1ccc(CNC(=O)Cn2ccnn2)cc1. The van der Waals surface area contributed by atoms with Gasteiger partial charge in [0.2, 0.25) is 15.9 Å². The van der Waals surface area contributed by atoms with Gasteiger partial charge < -0.3 is 5.32 Å². The summed E-state index contributed by atoms with van der Waals surface area (Å²) in [6.07, 6.45) is 3.07. The number of rotatable bonds is 5. The van der Waals surface area contributed by atoms with Crippen LogP contribution in [0.2, 0.25) is 0 Å². The molecule has 106 valence electrons. The summed E-state index contributed by atoms with van der Waals surface area (Å²) in [6.45, 7) is 0.369. The van der Waals surface area contributed by atoms with Crippen molar-refractivity contribution in [3.05, 3.63) is 42.2 Å². The highest BCUT2D eigenvalue weighted by atomic mass is 32.2. The molecule has 3 N–H and O–H groups in total. The quantitative estimate of drug-likeness (QED) is 0.751. The van der Waals surface area contributed by atoms with E-state index in [0.717, 1.165) is 5.56 Å². The maximum absolute atomic E-state index is 11.6. The van der Waals surface area contributed by atoms with E-state index in [1.807, 2.05) is 0 Å². The molecule has 1 heterocycles. The normalized spacial score (nSPS) is 11.2. The summed E-state index contributed by atoms with van der Waals surface area (Å²) in [5.74, 6) is -0.217. The zero-order valence-corrected chi connectivity index (χ0v) is 11.2. The molecule has 9 heteroatoms. The number of primary sulfonamides is 1. The first-order valence-corrected chi connectivity index (χ1v) is 7.22. The van der Waals surface area contributed by atoms with Gasteiger partial charge in [-0.15, -0.1) is 5.10 Å². The van der Waals surface area contributed by atoms with Gasteiger partial charge in [0.1, 0.15) is 6.54 Å². The molecule has 0 atom stereocenters. The zero-order chi connectivity index (χ0) is 14.6. The minimum atomic E-state index is -3.69. The van der Waals surface area contributed by atoms with Crippen LogP contribution in [-0.4, -0.2) is 29.3 Å². The third-order valence-electron chi connectivity index (χ3n) is 2.52. The first-order valence-electron chi connectivity index (χ1n) is 5.68. The maximum atomic E-state index is 11.6. The van der Waals surface area contributed by atoms with Gasteiger partial charge in [0.05, 0.1) is 11.1 Å². The monoisotopic (exact) mass is 295 g/mol. The van der Waals surface area contributed by atoms with Crippen LogP contribution in [-0.2, 0) is 27.9 Å². The molecular weight excluding hydrogens is 282 g/mol. The van der Waals surface area contributed by atoms with Crippen LogP contribution in [0.1, 0.15) is 5.56 Å². The maximum Gasteiger partial charge on any atom is 0.242 e. The fraction of sp³-hybridized carbons (Fsp3) is 0.182. The number of benzene rings is 1. The molecule has 20 heavy (non-hydrogen) atoms. The Morgan fingerprint density at radius 1 is 1.30 bits per heavy atom. The van der Waals surface area contributed by atoms with E-state index < -0.39 is 10.0 Å². The Balaban J connectivity index is 1.89. The van der Waals surface area contributed by atoms with E-state index in [1.54, 1.807) is 18.3 Å². The number of carbonyl (C=O) groups excluding carboxylic acids is 1. The molecule has 0 aliphatic rings. The molecule has 0 aliphatic heterocycles. The topological polar surface area (TPSA) is 120 Å². The Morgan fingerprint density at radius 2 is 2.00 bits per heavy atom. The molecule has 2 rings (SSSR count). The molecule has 1 aromatic carbocycles. The van der Waals surface area contributed by atoms with Crippen LogP contribution in [0.5, 0.6) is 0 Å². The van der Waals surface area contributed by atoms with Crippen LogP contribution in [0.15, 0.2) is 41.6 Å². The molecule has 0 fully saturated rings. The van der Waals surface area contributed by atoms with Crippen molar-refractivity contribution in [3.63, 3.8) is 0 Å². The number of sulfonamides is 1. The Kier molecular flexibility index (Phi) is 4.11. The van der Waals surface area contributed by atoms with E-state index in [9.17, 15) is 13.2 Å². The lowest BCUT2D eigenvalue weighted by atomic mass is 10.2. The Hall–Kier alpha value is -2.26. The Bertz CT molecular complexity index is 679. The molecule has 0 bridgehead atoms. The average Bonchev–Trinajstić information content (AvgIpc) is 2.88. The van der Waals surface area contributed by atoms with Crippen LogP contribution >= 0.6 is 0 Å². The van der Waals surface area contributed by atoms with Crippen LogP contribution in [0, 0.1) is 0 Å². The summed E-state index contributed by atoms with van der Waals surface area (Å²) in [4.78, 5) is 11.6. The van der Waals surface area contributed by atoms with E-state index >= 15 is 0 Å². The number of hydrogen-bond acceptors (Lipinski definition) is 5. The number of amides is 1. The lowest BCUT2D eigenvalue weighted by Gasteiger charge is -2.06. The number of hydrogen-bond donors (Lipinski definition) is 2. The van der Waals surface area contributed by atoms with Gasteiger partial charge in [0.15, 0.2) is 0 Å². The second-order valence-electron chi connectivity index (χ2n) is 4.07. The average molecular weight is 295 g/mol. The molecule has 0 radical (unpaired) electrons. The second-order valence-corrected chi connectivity index (χ2v) is 5.63. The summed E-state index contributed by atoms with van der Waals surface area (Å²) in [7, 11) is -3.69. The van der Waals surface area contributed by atoms with Crippen molar-refractivity contribution < 1.29 is 13.2 Å². The van der Waals surface area contributed by atoms with Gasteiger partial charge in [-0.1, -0.05) is 17.3 Å². The predicted molar refractivity (Wildman–Crippen MR) is 69.7 cm³/mol. The summed E-state index contributed by atoms with van der Waals surface area (Å²) >= 11 is 0. The smallest absolute Gasteiger partial charge is 0.242 e. The molecule has 0 saturated heterocycles. The van der Waals surface area contributed by atoms with Gasteiger partial charge in [-0.2, -0.15) is 0 Å². The van der Waals surface area contributed by atoms with E-state index in [1.165, 1.54) is 23.0 Å². The standard InChI is InChI=1S/C11H13N5O3S/c12-20(18,19)10-3-1-9(2-4-10)7-13-11(17)8-16-6-5-14-15-16/h1-6H,7-8H2,(H,13,17)(H2,12,18,19). The third kappa shape index (κ3) is 3.87. The summed E-state index contributed by atoms with van der Waals surface area (Å²) in [6, 6.07) is 5.98. The van der Waals surface area contributed by atoms with Crippen molar-refractivity contribution in [2.24, 2.45) is 5.14 Å². The highest BCUT2D eigenvalue weighted by Crippen LogP contribution is 2.08. The second kappa shape index (κ2) is 5.80. The molecule has 1 aromatic heterocycles. The lowest BCUT2D eigenvalue weighted by Crippen LogP contribution is -2.27. The predicted octanol–water partition coefficient (Wildman–Crippen LogP) is -0.758. The largest absolute Gasteiger partial charge is 0.350 e. The highest BCUT2D eigenvalue weighted by Gasteiger charge is 2.07. The summed E-state index contributed by atoms with van der Waals surface area (Å²) < 4.78 is 23.6. The van der Waals surface area contributed by atoms with E-state index in [-0.39, 0.29) is 17.3 Å². The van der Waals surface area contributed by atoms with Crippen LogP contribution in [0.25, 0.3) is 0 Å². The minimum absolute atomic E-state index is 0.0372. The Labute approximate surface area is 115 Å². The van der Waals surface area contributed by atoms with E-state index in [2.05, 4.69) is 15.6 Å². The van der Waals surface area contributed by atoms with Crippen molar-refractivity contribution in [2.45, 2.75) is 18.0 Å². The molecule has 0 spiro atoms. The van der Waals surface area contributed by atoms with Crippen LogP contribution < -0.4 is 10.5 Å². The molecule has 0 aliphatic carbocycles. The molecule has 0 saturated carbocycles. The van der Waals surface area contributed by atoms with Gasteiger partial charge in [-0.05, 0) is 17.7 Å². The van der Waals surface area contributed by atoms with Crippen LogP contribution in [0.4, 0.5) is 0 Å². The van der Waals surface area contributed by atoms with E-state index in [0.29, 0.717) is 6.54 Å². The zero-order valence-electron chi connectivity index (χ0n) is 10.4. The lowest BCUT2D eigenvalue weighted by molar-refractivity contribution is -0.122. The number of nitrogens with one attached hydrogen (secondary N) is 1. The van der Waals surface area contributed by atoms with Crippen molar-refractivity contribution in [1.82, 2.24) is 20.3 Å². The number of aromatic nitrogens is 3. The van der Waals surface area contributed by atoms with Crippen molar-refractivity contribution in [1.29, 1.82) is 0 Å². The van der Waals surface area contributed by atoms with Gasteiger partial charge in [0, 0.05) is 12.7 Å². The molecule has 2 aromatic rings. The molecule has 8 nitrogen and oxygen atoms in total. The summed E-state index contributed by atoms with van der Waals surface area (Å²) in [5, 5.41) is 14.9. The van der Waals surface area contributed by atoms with E-state index in [4.69, 9.17) is 5.14 Å². The van der Waals surface area contributed by atoms with Gasteiger partial charge in [0.25, 0.3) is 0 Å². The summed E-state index contributed by atoms with van der Waals surface area (Å²) in [5.41, 5.74) is 0.768. The number of nitrogens with zero attached hydrogens (tertiary/aromatic N) is 3. The Morgan fingerprint density at radius 3 is 2.55 bits per heavy atom. The first-order chi connectivity index (χ1) is 9.45. The van der Waals surface area contributed by atoms with Gasteiger partial charge in [-0.3, -0.25) is 4.79 Å². The van der Waals surface area contributed by atoms with Crippen molar-refractivity contribution in [2.75, 3.05) is 0 Å². The fourth-order valence-corrected chi connectivity index (χ4v) is 2.03.